The zero-order valence-electron chi connectivity index (χ0n) is 12.9. The van der Waals surface area contributed by atoms with Gasteiger partial charge in [0.2, 0.25) is 0 Å². The van der Waals surface area contributed by atoms with Crippen LogP contribution in [0.15, 0.2) is 18.2 Å². The zero-order chi connectivity index (χ0) is 13.9. The molecule has 0 radical (unpaired) electrons. The molecule has 1 nitrogen and oxygen atoms in total. The quantitative estimate of drug-likeness (QED) is 0.436. The number of hydrogen-bond acceptors (Lipinski definition) is 1. The summed E-state index contributed by atoms with van der Waals surface area (Å²) in [5.74, 6) is 0. The van der Waals surface area contributed by atoms with Crippen molar-refractivity contribution in [2.75, 3.05) is 5.73 Å². The Hall–Kier alpha value is -0.980. The van der Waals surface area contributed by atoms with Crippen LogP contribution in [-0.4, -0.2) is 0 Å². The Morgan fingerprint density at radius 1 is 0.737 bits per heavy atom. The molecular weight excluding hydrogens is 230 g/mol. The van der Waals surface area contributed by atoms with Crippen molar-refractivity contribution in [3.05, 3.63) is 29.3 Å². The normalized spacial score (nSPS) is 10.8. The summed E-state index contributed by atoms with van der Waals surface area (Å²) in [5, 5.41) is 0. The first-order valence-electron chi connectivity index (χ1n) is 8.15. The first-order valence-corrected chi connectivity index (χ1v) is 8.15. The fourth-order valence-electron chi connectivity index (χ4n) is 2.57. The van der Waals surface area contributed by atoms with E-state index in [1.807, 2.05) is 0 Å². The Morgan fingerprint density at radius 3 is 1.89 bits per heavy atom. The summed E-state index contributed by atoms with van der Waals surface area (Å²) in [6.07, 6.45) is 12.9. The van der Waals surface area contributed by atoms with Crippen LogP contribution in [0.4, 0.5) is 5.69 Å². The Kier molecular flexibility index (Phi) is 8.36. The molecule has 0 fully saturated rings. The van der Waals surface area contributed by atoms with Crippen LogP contribution in [0.25, 0.3) is 0 Å². The van der Waals surface area contributed by atoms with E-state index >= 15 is 0 Å². The van der Waals surface area contributed by atoms with Gasteiger partial charge in [0.05, 0.1) is 0 Å². The SMILES string of the molecule is CCCCCCCCc1cccc(CCCC)c1N. The molecule has 1 heteroatoms. The second-order valence-electron chi connectivity index (χ2n) is 5.61. The molecule has 0 saturated heterocycles. The topological polar surface area (TPSA) is 26.0 Å². The predicted octanol–water partition coefficient (Wildman–Crippen LogP) is 5.51. The van der Waals surface area contributed by atoms with Crippen molar-refractivity contribution in [2.24, 2.45) is 0 Å². The maximum atomic E-state index is 6.29. The van der Waals surface area contributed by atoms with Crippen LogP contribution in [0.1, 0.15) is 76.3 Å². The van der Waals surface area contributed by atoms with E-state index in [1.54, 1.807) is 0 Å². The van der Waals surface area contributed by atoms with E-state index in [1.165, 1.54) is 62.5 Å². The minimum atomic E-state index is 1.06. The van der Waals surface area contributed by atoms with Gasteiger partial charge in [-0.3, -0.25) is 0 Å². The lowest BCUT2D eigenvalue weighted by atomic mass is 9.98. The molecule has 0 unspecified atom stereocenters. The fraction of sp³-hybridized carbons (Fsp3) is 0.667. The maximum absolute atomic E-state index is 6.29. The highest BCUT2D eigenvalue weighted by molar-refractivity contribution is 5.53. The lowest BCUT2D eigenvalue weighted by Crippen LogP contribution is -2.00. The second-order valence-corrected chi connectivity index (χ2v) is 5.61. The molecule has 0 amide bonds. The van der Waals surface area contributed by atoms with Gasteiger partial charge in [0.15, 0.2) is 0 Å². The van der Waals surface area contributed by atoms with Gasteiger partial charge in [0.25, 0.3) is 0 Å². The summed E-state index contributed by atoms with van der Waals surface area (Å²) in [6, 6.07) is 6.57. The second kappa shape index (κ2) is 9.89. The van der Waals surface area contributed by atoms with Crippen molar-refractivity contribution in [3.8, 4) is 0 Å². The van der Waals surface area contributed by atoms with Crippen LogP contribution >= 0.6 is 0 Å². The standard InChI is InChI=1S/C18H31N/c1-3-5-7-8-9-10-13-17-15-11-14-16(18(17)19)12-6-4-2/h11,14-15H,3-10,12-13,19H2,1-2H3. The lowest BCUT2D eigenvalue weighted by molar-refractivity contribution is 0.607. The Morgan fingerprint density at radius 2 is 1.26 bits per heavy atom. The lowest BCUT2D eigenvalue weighted by Gasteiger charge is -2.10. The molecule has 0 heterocycles. The highest BCUT2D eigenvalue weighted by Crippen LogP contribution is 2.21. The average molecular weight is 261 g/mol. The van der Waals surface area contributed by atoms with Gasteiger partial charge >= 0.3 is 0 Å². The zero-order valence-corrected chi connectivity index (χ0v) is 12.9. The van der Waals surface area contributed by atoms with Gasteiger partial charge in [-0.15, -0.1) is 0 Å². The van der Waals surface area contributed by atoms with Crippen LogP contribution in [0, 0.1) is 0 Å². The monoisotopic (exact) mass is 261 g/mol. The van der Waals surface area contributed by atoms with E-state index in [9.17, 15) is 0 Å². The molecule has 0 aromatic heterocycles. The van der Waals surface area contributed by atoms with Crippen molar-refractivity contribution < 1.29 is 0 Å². The molecule has 0 saturated carbocycles. The molecule has 0 aliphatic heterocycles. The molecule has 0 bridgehead atoms. The fourth-order valence-corrected chi connectivity index (χ4v) is 2.57. The Balaban J connectivity index is 2.36. The number of para-hydroxylation sites is 1. The minimum Gasteiger partial charge on any atom is -0.398 e. The molecule has 1 aromatic carbocycles. The third-order valence-corrected chi connectivity index (χ3v) is 3.89. The van der Waals surface area contributed by atoms with E-state index in [0.717, 1.165) is 18.5 Å². The Bertz CT molecular complexity index is 344. The molecule has 0 spiro atoms. The number of benzene rings is 1. The molecule has 0 atom stereocenters. The van der Waals surface area contributed by atoms with Crippen molar-refractivity contribution in [3.63, 3.8) is 0 Å². The van der Waals surface area contributed by atoms with Crippen LogP contribution in [0.3, 0.4) is 0 Å². The molecule has 1 aromatic rings. The first kappa shape index (κ1) is 16.1. The molecule has 19 heavy (non-hydrogen) atoms. The molecular formula is C18H31N. The number of unbranched alkanes of at least 4 members (excludes halogenated alkanes) is 6. The summed E-state index contributed by atoms with van der Waals surface area (Å²) >= 11 is 0. The van der Waals surface area contributed by atoms with Crippen LogP contribution in [-0.2, 0) is 12.8 Å². The summed E-state index contributed by atoms with van der Waals surface area (Å²) in [4.78, 5) is 0. The van der Waals surface area contributed by atoms with Gasteiger partial charge in [-0.05, 0) is 36.8 Å². The number of anilines is 1. The summed E-state index contributed by atoms with van der Waals surface area (Å²) in [5.41, 5.74) is 10.1. The third-order valence-electron chi connectivity index (χ3n) is 3.89. The van der Waals surface area contributed by atoms with Gasteiger partial charge in [-0.25, -0.2) is 0 Å². The smallest absolute Gasteiger partial charge is 0.0379 e. The molecule has 0 aliphatic carbocycles. The van der Waals surface area contributed by atoms with Gasteiger partial charge in [0.1, 0.15) is 0 Å². The van der Waals surface area contributed by atoms with Crippen LogP contribution < -0.4 is 5.73 Å². The van der Waals surface area contributed by atoms with Crippen molar-refractivity contribution >= 4 is 5.69 Å². The number of nitrogens with two attached hydrogens (primary N) is 1. The van der Waals surface area contributed by atoms with Gasteiger partial charge in [-0.2, -0.15) is 0 Å². The Labute approximate surface area is 119 Å². The highest BCUT2D eigenvalue weighted by atomic mass is 14.6. The van der Waals surface area contributed by atoms with E-state index in [-0.39, 0.29) is 0 Å². The number of rotatable bonds is 10. The highest BCUT2D eigenvalue weighted by Gasteiger charge is 2.04. The minimum absolute atomic E-state index is 1.06. The molecule has 1 rings (SSSR count). The van der Waals surface area contributed by atoms with E-state index < -0.39 is 0 Å². The first-order chi connectivity index (χ1) is 9.29. The molecule has 108 valence electrons. The molecule has 0 aliphatic rings. The van der Waals surface area contributed by atoms with Crippen molar-refractivity contribution in [1.29, 1.82) is 0 Å². The third kappa shape index (κ3) is 6.13. The van der Waals surface area contributed by atoms with Crippen LogP contribution in [0.2, 0.25) is 0 Å². The number of aryl methyl sites for hydroxylation is 2. The van der Waals surface area contributed by atoms with Gasteiger partial charge < -0.3 is 5.73 Å². The summed E-state index contributed by atoms with van der Waals surface area (Å²) < 4.78 is 0. The maximum Gasteiger partial charge on any atom is 0.0379 e. The van der Waals surface area contributed by atoms with E-state index in [0.29, 0.717) is 0 Å². The van der Waals surface area contributed by atoms with Gasteiger partial charge in [0, 0.05) is 5.69 Å². The van der Waals surface area contributed by atoms with E-state index in [2.05, 4.69) is 32.0 Å². The summed E-state index contributed by atoms with van der Waals surface area (Å²) in [6.45, 7) is 4.50. The van der Waals surface area contributed by atoms with Crippen molar-refractivity contribution in [2.45, 2.75) is 78.1 Å². The average Bonchev–Trinajstić information content (AvgIpc) is 2.43. The summed E-state index contributed by atoms with van der Waals surface area (Å²) in [7, 11) is 0. The largest absolute Gasteiger partial charge is 0.398 e. The van der Waals surface area contributed by atoms with Gasteiger partial charge in [-0.1, -0.05) is 70.6 Å². The number of nitrogen functional groups attached to an aromatic ring is 1. The molecule has 2 N–H and O–H groups in total. The van der Waals surface area contributed by atoms with Crippen LogP contribution in [0.5, 0.6) is 0 Å². The van der Waals surface area contributed by atoms with E-state index in [4.69, 9.17) is 5.73 Å². The predicted molar refractivity (Wildman–Crippen MR) is 86.5 cm³/mol. The number of hydrogen-bond donors (Lipinski definition) is 1. The van der Waals surface area contributed by atoms with Crippen molar-refractivity contribution in [1.82, 2.24) is 0 Å².